The molecule has 1 saturated carbocycles. The van der Waals surface area contributed by atoms with Gasteiger partial charge < -0.3 is 28.8 Å². The van der Waals surface area contributed by atoms with Gasteiger partial charge in [-0.1, -0.05) is 35.5 Å². The molecule has 3 fully saturated rings. The lowest BCUT2D eigenvalue weighted by Gasteiger charge is -2.56. The second kappa shape index (κ2) is 15.1. The molecular weight excluding hydrogens is 711 g/mol. The van der Waals surface area contributed by atoms with Gasteiger partial charge in [0.2, 0.25) is 0 Å². The number of Topliss-reactive ketones (excluding diaryl/α,β-unsaturated/α-hetero) is 2. The third kappa shape index (κ3) is 6.79. The van der Waals surface area contributed by atoms with E-state index in [2.05, 4.69) is 30.9 Å². The number of carbonyl (C=O) groups is 3. The van der Waals surface area contributed by atoms with Crippen molar-refractivity contribution in [3.63, 3.8) is 0 Å². The normalized spacial score (nSPS) is 29.7. The summed E-state index contributed by atoms with van der Waals surface area (Å²) < 4.78 is 32.1. The van der Waals surface area contributed by atoms with Crippen molar-refractivity contribution in [3.8, 4) is 17.2 Å². The fraction of sp³-hybridized carbons (Fsp3) is 0.587. The molecule has 8 rings (SSSR count). The maximum Gasteiger partial charge on any atom is 0.333 e. The van der Waals surface area contributed by atoms with Crippen LogP contribution in [0.15, 0.2) is 52.7 Å². The SMILES string of the molecule is CC(C)=CCC[C@]1(C)C=Cc2c(O)c3c(c(CC=C(C)C)c2O1)O[C@]12C(=C[C@@H]4C[C@H]1C(C)(C)O[C@@]2(C/C=C(/C)C(=O)OCCCCN1CCOCC1)C4=O)C3=O. The number of aromatic hydroxyl groups is 1. The highest BCUT2D eigenvalue weighted by Crippen LogP contribution is 2.68. The van der Waals surface area contributed by atoms with E-state index in [9.17, 15) is 14.7 Å². The van der Waals surface area contributed by atoms with Crippen LogP contribution in [-0.2, 0) is 30.2 Å². The van der Waals surface area contributed by atoms with Gasteiger partial charge >= 0.3 is 5.97 Å². The van der Waals surface area contributed by atoms with Gasteiger partial charge in [0.05, 0.1) is 31.0 Å². The van der Waals surface area contributed by atoms with Crippen molar-refractivity contribution in [1.82, 2.24) is 4.90 Å². The van der Waals surface area contributed by atoms with Crippen molar-refractivity contribution in [2.45, 2.75) is 123 Å². The minimum absolute atomic E-state index is 0.0160. The summed E-state index contributed by atoms with van der Waals surface area (Å²) in [6, 6.07) is 0. The number of phenolic OH excluding ortho intramolecular Hbond substituents is 1. The zero-order valence-corrected chi connectivity index (χ0v) is 34.5. The number of esters is 1. The molecule has 10 heteroatoms. The Hall–Kier alpha value is -3.99. The van der Waals surface area contributed by atoms with E-state index < -0.39 is 34.3 Å². The molecule has 4 heterocycles. The molecule has 1 N–H and O–H groups in total. The molecule has 7 aliphatic rings. The second-order valence-corrected chi connectivity index (χ2v) is 17.8. The first-order chi connectivity index (χ1) is 26.5. The van der Waals surface area contributed by atoms with Gasteiger partial charge in [-0.05, 0) is 113 Å². The zero-order chi connectivity index (χ0) is 40.2. The van der Waals surface area contributed by atoms with Crippen LogP contribution in [-0.4, -0.2) is 89.4 Å². The van der Waals surface area contributed by atoms with Crippen LogP contribution in [0.4, 0.5) is 0 Å². The molecule has 10 nitrogen and oxygen atoms in total. The van der Waals surface area contributed by atoms with E-state index in [1.54, 1.807) is 19.1 Å². The summed E-state index contributed by atoms with van der Waals surface area (Å²) >= 11 is 0. The standard InChI is InChI=1S/C46H59NO9/c1-28(2)12-11-17-44(8)18-16-32-37(48)36-38(49)34-26-31-27-35-43(6,7)56-45(41(31)50,46(34,35)55-40(36)33(39(32)54-44)14-13-29(3)4)19-15-30(5)42(51)53-23-10-9-20-47-21-24-52-25-22-47/h12-13,15-16,18,26,31,35,48H,9-11,14,17,19-25,27H2,1-8H3/b30-15-/t31-,35+,44-,45+,46-/m1/s1. The Morgan fingerprint density at radius 1 is 0.982 bits per heavy atom. The van der Waals surface area contributed by atoms with Gasteiger partial charge in [0.15, 0.2) is 22.8 Å². The fourth-order valence-electron chi connectivity index (χ4n) is 9.71. The Morgan fingerprint density at radius 2 is 1.71 bits per heavy atom. The lowest BCUT2D eigenvalue weighted by Crippen LogP contribution is -2.72. The van der Waals surface area contributed by atoms with Gasteiger partial charge in [0.25, 0.3) is 0 Å². The Morgan fingerprint density at radius 3 is 2.43 bits per heavy atom. The van der Waals surface area contributed by atoms with Crippen molar-refractivity contribution in [2.75, 3.05) is 39.5 Å². The minimum Gasteiger partial charge on any atom is -0.506 e. The number of rotatable bonds is 13. The van der Waals surface area contributed by atoms with Crippen molar-refractivity contribution in [3.05, 3.63) is 69.4 Å². The molecule has 4 bridgehead atoms. The quantitative estimate of drug-likeness (QED) is 0.0921. The van der Waals surface area contributed by atoms with E-state index >= 15 is 4.79 Å². The molecule has 1 spiro atoms. The van der Waals surface area contributed by atoms with E-state index in [0.717, 1.165) is 57.7 Å². The molecule has 2 saturated heterocycles. The molecule has 56 heavy (non-hydrogen) atoms. The summed E-state index contributed by atoms with van der Waals surface area (Å²) in [5.41, 5.74) is -0.473. The van der Waals surface area contributed by atoms with E-state index in [1.807, 2.05) is 46.8 Å². The highest BCUT2D eigenvalue weighted by atomic mass is 16.6. The molecule has 1 aromatic rings. The van der Waals surface area contributed by atoms with Crippen molar-refractivity contribution in [2.24, 2.45) is 11.8 Å². The number of benzene rings is 1. The summed E-state index contributed by atoms with van der Waals surface area (Å²) in [6.07, 6.45) is 15.5. The van der Waals surface area contributed by atoms with Crippen molar-refractivity contribution < 1.29 is 43.2 Å². The summed E-state index contributed by atoms with van der Waals surface area (Å²) in [4.78, 5) is 45.3. The van der Waals surface area contributed by atoms with Gasteiger partial charge in [-0.25, -0.2) is 4.79 Å². The number of ether oxygens (including phenoxy) is 5. The number of hydrogen-bond acceptors (Lipinski definition) is 10. The monoisotopic (exact) mass is 769 g/mol. The minimum atomic E-state index is -1.60. The van der Waals surface area contributed by atoms with Crippen LogP contribution in [0.3, 0.4) is 0 Å². The summed E-state index contributed by atoms with van der Waals surface area (Å²) in [7, 11) is 0. The van der Waals surface area contributed by atoms with Crippen molar-refractivity contribution >= 4 is 23.6 Å². The number of morpholine rings is 1. The van der Waals surface area contributed by atoms with Gasteiger partial charge in [0, 0.05) is 48.1 Å². The van der Waals surface area contributed by atoms with E-state index in [0.29, 0.717) is 53.9 Å². The Bertz CT molecular complexity index is 1950. The van der Waals surface area contributed by atoms with E-state index in [-0.39, 0.29) is 41.0 Å². The Labute approximate surface area is 331 Å². The molecule has 302 valence electrons. The van der Waals surface area contributed by atoms with Crippen molar-refractivity contribution in [1.29, 1.82) is 0 Å². The number of nitrogens with zero attached hydrogens (tertiary/aromatic N) is 1. The molecule has 0 amide bonds. The zero-order valence-electron chi connectivity index (χ0n) is 34.5. The number of ketones is 2. The van der Waals surface area contributed by atoms with Crippen LogP contribution in [0.2, 0.25) is 0 Å². The lowest BCUT2D eigenvalue weighted by molar-refractivity contribution is -0.171. The third-order valence-electron chi connectivity index (χ3n) is 12.7. The molecule has 4 aliphatic heterocycles. The first-order valence-corrected chi connectivity index (χ1v) is 20.4. The van der Waals surface area contributed by atoms with Crippen LogP contribution in [0.25, 0.3) is 6.08 Å². The second-order valence-electron chi connectivity index (χ2n) is 17.8. The predicted octanol–water partition coefficient (Wildman–Crippen LogP) is 7.81. The Kier molecular flexibility index (Phi) is 10.8. The molecule has 3 aliphatic carbocycles. The van der Waals surface area contributed by atoms with Crippen LogP contribution in [0.5, 0.6) is 17.2 Å². The summed E-state index contributed by atoms with van der Waals surface area (Å²) in [6.45, 7) is 20.3. The number of allylic oxidation sites excluding steroid dienone is 5. The average Bonchev–Trinajstić information content (AvgIpc) is 3.30. The van der Waals surface area contributed by atoms with Crippen LogP contribution >= 0.6 is 0 Å². The average molecular weight is 770 g/mol. The van der Waals surface area contributed by atoms with Crippen LogP contribution in [0.1, 0.15) is 115 Å². The molecule has 5 atom stereocenters. The highest BCUT2D eigenvalue weighted by molar-refractivity contribution is 6.19. The smallest absolute Gasteiger partial charge is 0.333 e. The molecular formula is C46H59NO9. The molecule has 0 unspecified atom stereocenters. The number of unbranched alkanes of at least 4 members (excludes halogenated alkanes) is 1. The van der Waals surface area contributed by atoms with Gasteiger partial charge in [-0.2, -0.15) is 0 Å². The summed E-state index contributed by atoms with van der Waals surface area (Å²) in [5.74, 6) is -1.44. The van der Waals surface area contributed by atoms with Crippen LogP contribution < -0.4 is 9.47 Å². The molecule has 1 aromatic carbocycles. The highest BCUT2D eigenvalue weighted by Gasteiger charge is 2.81. The maximum absolute atomic E-state index is 15.0. The maximum atomic E-state index is 15.0. The number of hydrogen-bond donors (Lipinski definition) is 1. The largest absolute Gasteiger partial charge is 0.506 e. The predicted molar refractivity (Wildman–Crippen MR) is 214 cm³/mol. The number of phenols is 1. The first kappa shape index (κ1) is 40.2. The third-order valence-corrected chi connectivity index (χ3v) is 12.7. The number of fused-ring (bicyclic) bond motifs is 2. The van der Waals surface area contributed by atoms with Gasteiger partial charge in [-0.15, -0.1) is 0 Å². The summed E-state index contributed by atoms with van der Waals surface area (Å²) in [5, 5.41) is 12.0. The van der Waals surface area contributed by atoms with Gasteiger partial charge in [-0.3, -0.25) is 14.5 Å². The fourth-order valence-corrected chi connectivity index (χ4v) is 9.71. The van der Waals surface area contributed by atoms with Crippen LogP contribution in [0, 0.1) is 11.8 Å². The molecule has 0 radical (unpaired) electrons. The number of carbonyl (C=O) groups excluding carboxylic acids is 3. The Balaban J connectivity index is 1.24. The van der Waals surface area contributed by atoms with Gasteiger partial charge in [0.1, 0.15) is 28.4 Å². The molecule has 0 aromatic heterocycles. The first-order valence-electron chi connectivity index (χ1n) is 20.4. The topological polar surface area (TPSA) is 121 Å². The van der Waals surface area contributed by atoms with E-state index in [1.165, 1.54) is 5.57 Å². The van der Waals surface area contributed by atoms with E-state index in [4.69, 9.17) is 23.7 Å². The lowest BCUT2D eigenvalue weighted by atomic mass is 9.51.